The lowest BCUT2D eigenvalue weighted by Crippen LogP contribution is -2.34. The van der Waals surface area contributed by atoms with Gasteiger partial charge in [-0.1, -0.05) is 0 Å². The van der Waals surface area contributed by atoms with Crippen LogP contribution >= 0.6 is 0 Å². The molecule has 0 aliphatic carbocycles. The molecule has 3 aromatic rings. The van der Waals surface area contributed by atoms with E-state index in [1.165, 1.54) is 48.7 Å². The fraction of sp³-hybridized carbons (Fsp3) is 0.273. The molecule has 0 spiro atoms. The second-order valence-corrected chi connectivity index (χ2v) is 9.31. The van der Waals surface area contributed by atoms with Gasteiger partial charge in [0.05, 0.1) is 10.6 Å². The van der Waals surface area contributed by atoms with Crippen molar-refractivity contribution in [2.45, 2.75) is 11.8 Å². The van der Waals surface area contributed by atoms with Crippen molar-refractivity contribution in [1.82, 2.24) is 15.2 Å². The molecule has 0 radical (unpaired) electrons. The molecule has 1 heterocycles. The Bertz CT molecular complexity index is 1290. The highest BCUT2D eigenvalue weighted by molar-refractivity contribution is 7.92. The number of anilines is 1. The molecule has 0 unspecified atom stereocenters. The van der Waals surface area contributed by atoms with Gasteiger partial charge in [0.15, 0.2) is 0 Å². The van der Waals surface area contributed by atoms with Gasteiger partial charge >= 0.3 is 0 Å². The number of hydrogen-bond acceptors (Lipinski definition) is 5. The van der Waals surface area contributed by atoms with Gasteiger partial charge in [-0.15, -0.1) is 0 Å². The second kappa shape index (κ2) is 9.49. The van der Waals surface area contributed by atoms with Crippen molar-refractivity contribution in [3.63, 3.8) is 0 Å². The van der Waals surface area contributed by atoms with Crippen LogP contribution in [0.3, 0.4) is 0 Å². The normalized spacial score (nSPS) is 11.7. The van der Waals surface area contributed by atoms with Crippen molar-refractivity contribution in [3.8, 4) is 0 Å². The summed E-state index contributed by atoms with van der Waals surface area (Å²) in [5, 5.41) is 2.76. The lowest BCUT2D eigenvalue weighted by Gasteiger charge is -2.23. The topological polar surface area (TPSA) is 103 Å². The highest BCUT2D eigenvalue weighted by atomic mass is 32.2. The zero-order chi connectivity index (χ0) is 23.5. The first-order valence-electron chi connectivity index (χ1n) is 10.0. The average molecular weight is 461 g/mol. The van der Waals surface area contributed by atoms with E-state index >= 15 is 0 Å². The lowest BCUT2D eigenvalue weighted by molar-refractivity contribution is 0.0950. The van der Waals surface area contributed by atoms with Gasteiger partial charge in [-0.25, -0.2) is 12.8 Å². The molecule has 0 fully saturated rings. The first-order valence-corrected chi connectivity index (χ1v) is 11.5. The molecule has 8 nitrogen and oxygen atoms in total. The first kappa shape index (κ1) is 23.4. The summed E-state index contributed by atoms with van der Waals surface area (Å²) in [5.74, 6) is -1.01. The Hall–Kier alpha value is -3.24. The number of carbonyl (C=O) groups excluding carboxylic acids is 1. The minimum absolute atomic E-state index is 0.0847. The summed E-state index contributed by atoms with van der Waals surface area (Å²) in [6.07, 6.45) is 1.32. The maximum Gasteiger partial charge on any atom is 0.264 e. The standard InChI is InChI=1S/C22H25FN4O4S/c1-4-27(16-7-5-15(23)6-8-16)32(30,31)17-9-10-20-18(13-17)21(28)19(14-25-20)22(29)24-11-12-26(2)3/h5-10,13-14H,4,11-12H2,1-3H3,(H,24,29)(H,25,28). The number of nitrogens with one attached hydrogen (secondary N) is 2. The third-order valence-corrected chi connectivity index (χ3v) is 6.83. The maximum absolute atomic E-state index is 13.3. The van der Waals surface area contributed by atoms with Crippen LogP contribution in [0.5, 0.6) is 0 Å². The molecule has 0 aliphatic heterocycles. The number of benzene rings is 2. The van der Waals surface area contributed by atoms with Crippen LogP contribution < -0.4 is 15.1 Å². The predicted octanol–water partition coefficient (Wildman–Crippen LogP) is 2.17. The van der Waals surface area contributed by atoms with E-state index in [9.17, 15) is 22.4 Å². The Morgan fingerprint density at radius 2 is 1.81 bits per heavy atom. The number of rotatable bonds is 8. The number of H-pyrrole nitrogens is 1. The second-order valence-electron chi connectivity index (χ2n) is 7.44. The van der Waals surface area contributed by atoms with E-state index in [0.29, 0.717) is 24.3 Å². The summed E-state index contributed by atoms with van der Waals surface area (Å²) in [7, 11) is -0.303. The fourth-order valence-electron chi connectivity index (χ4n) is 3.24. The molecule has 170 valence electrons. The summed E-state index contributed by atoms with van der Waals surface area (Å²) in [6, 6.07) is 9.24. The monoisotopic (exact) mass is 460 g/mol. The Morgan fingerprint density at radius 1 is 1.12 bits per heavy atom. The number of pyridine rings is 1. The van der Waals surface area contributed by atoms with Crippen molar-refractivity contribution in [1.29, 1.82) is 0 Å². The Morgan fingerprint density at radius 3 is 2.44 bits per heavy atom. The van der Waals surface area contributed by atoms with Crippen LogP contribution in [0, 0.1) is 5.82 Å². The maximum atomic E-state index is 13.3. The zero-order valence-corrected chi connectivity index (χ0v) is 18.9. The molecule has 0 atom stereocenters. The van der Waals surface area contributed by atoms with Crippen LogP contribution in [0.2, 0.25) is 0 Å². The zero-order valence-electron chi connectivity index (χ0n) is 18.1. The van der Waals surface area contributed by atoms with Gasteiger partial charge in [-0.2, -0.15) is 0 Å². The van der Waals surface area contributed by atoms with Crippen molar-refractivity contribution < 1.29 is 17.6 Å². The minimum Gasteiger partial charge on any atom is -0.360 e. The molecule has 0 saturated carbocycles. The smallest absolute Gasteiger partial charge is 0.264 e. The Kier molecular flexibility index (Phi) is 6.95. The van der Waals surface area contributed by atoms with Crippen molar-refractivity contribution in [3.05, 3.63) is 70.3 Å². The van der Waals surface area contributed by atoms with Gasteiger partial charge in [0.1, 0.15) is 11.4 Å². The summed E-state index contributed by atoms with van der Waals surface area (Å²) in [6.45, 7) is 2.73. The van der Waals surface area contributed by atoms with E-state index in [1.807, 2.05) is 19.0 Å². The number of aromatic nitrogens is 1. The molecule has 32 heavy (non-hydrogen) atoms. The SMILES string of the molecule is CCN(c1ccc(F)cc1)S(=O)(=O)c1ccc2[nH]cc(C(=O)NCCN(C)C)c(=O)c2c1. The predicted molar refractivity (Wildman–Crippen MR) is 122 cm³/mol. The molecule has 0 bridgehead atoms. The van der Waals surface area contributed by atoms with E-state index in [1.54, 1.807) is 6.92 Å². The van der Waals surface area contributed by atoms with Gasteiger partial charge in [-0.05, 0) is 63.5 Å². The van der Waals surface area contributed by atoms with Gasteiger partial charge in [-0.3, -0.25) is 13.9 Å². The van der Waals surface area contributed by atoms with Gasteiger partial charge in [0, 0.05) is 36.7 Å². The molecule has 1 amide bonds. The van der Waals surface area contributed by atoms with Crippen molar-refractivity contribution in [2.24, 2.45) is 0 Å². The van der Waals surface area contributed by atoms with Gasteiger partial charge < -0.3 is 15.2 Å². The molecule has 1 aromatic heterocycles. The number of aromatic amines is 1. The summed E-state index contributed by atoms with van der Waals surface area (Å²) in [4.78, 5) is 30.0. The molecule has 3 rings (SSSR count). The van der Waals surface area contributed by atoms with E-state index in [2.05, 4.69) is 10.3 Å². The van der Waals surface area contributed by atoms with E-state index in [0.717, 1.165) is 4.31 Å². The molecular formula is C22H25FN4O4S. The number of fused-ring (bicyclic) bond motifs is 1. The van der Waals surface area contributed by atoms with Crippen LogP contribution in [0.15, 0.2) is 58.4 Å². The highest BCUT2D eigenvalue weighted by Crippen LogP contribution is 2.25. The van der Waals surface area contributed by atoms with E-state index in [4.69, 9.17) is 0 Å². The van der Waals surface area contributed by atoms with Crippen LogP contribution in [0.4, 0.5) is 10.1 Å². The average Bonchev–Trinajstić information content (AvgIpc) is 2.75. The Balaban J connectivity index is 2.00. The largest absolute Gasteiger partial charge is 0.360 e. The van der Waals surface area contributed by atoms with Crippen molar-refractivity contribution in [2.75, 3.05) is 38.0 Å². The first-order chi connectivity index (χ1) is 15.1. The van der Waals surface area contributed by atoms with Crippen LogP contribution in [-0.2, 0) is 10.0 Å². The summed E-state index contributed by atoms with van der Waals surface area (Å²) < 4.78 is 40.9. The number of hydrogen-bond donors (Lipinski definition) is 2. The number of halogens is 1. The molecule has 10 heteroatoms. The minimum atomic E-state index is -4.03. The number of amides is 1. The van der Waals surface area contributed by atoms with Crippen LogP contribution in [0.1, 0.15) is 17.3 Å². The summed E-state index contributed by atoms with van der Waals surface area (Å²) >= 11 is 0. The quantitative estimate of drug-likeness (QED) is 0.536. The third kappa shape index (κ3) is 4.81. The number of carbonyl (C=O) groups is 1. The molecule has 0 aliphatic rings. The number of likely N-dealkylation sites (N-methyl/N-ethyl adjacent to an activating group) is 1. The van der Waals surface area contributed by atoms with Crippen LogP contribution in [-0.4, -0.2) is 57.9 Å². The van der Waals surface area contributed by atoms with Crippen molar-refractivity contribution >= 4 is 32.5 Å². The lowest BCUT2D eigenvalue weighted by atomic mass is 10.1. The fourth-order valence-corrected chi connectivity index (χ4v) is 4.74. The van der Waals surface area contributed by atoms with Crippen LogP contribution in [0.25, 0.3) is 10.9 Å². The van der Waals surface area contributed by atoms with Gasteiger partial charge in [0.25, 0.3) is 15.9 Å². The Labute approximate surface area is 185 Å². The van der Waals surface area contributed by atoms with E-state index in [-0.39, 0.29) is 22.4 Å². The third-order valence-electron chi connectivity index (χ3n) is 4.93. The van der Waals surface area contributed by atoms with Gasteiger partial charge in [0.2, 0.25) is 5.43 Å². The summed E-state index contributed by atoms with van der Waals surface area (Å²) in [5.41, 5.74) is 0.0419. The van der Waals surface area contributed by atoms with E-state index < -0.39 is 27.2 Å². The molecular weight excluding hydrogens is 435 g/mol. The molecule has 2 N–H and O–H groups in total. The number of sulfonamides is 1. The molecule has 2 aromatic carbocycles. The highest BCUT2D eigenvalue weighted by Gasteiger charge is 2.25. The number of nitrogens with zero attached hydrogens (tertiary/aromatic N) is 2. The molecule has 0 saturated heterocycles.